The molecule has 2 aliphatic heterocycles. The molecule has 0 fully saturated rings. The van der Waals surface area contributed by atoms with Crippen LogP contribution in [0.5, 0.6) is 0 Å². The van der Waals surface area contributed by atoms with Gasteiger partial charge >= 0.3 is 22.7 Å². The van der Waals surface area contributed by atoms with E-state index in [-0.39, 0.29) is 23.1 Å². The highest BCUT2D eigenvalue weighted by Gasteiger charge is 2.28. The minimum absolute atomic E-state index is 0.139. The molecule has 63 heavy (non-hydrogen) atoms. The molecule has 4 aromatic carbocycles. The molecule has 6 rings (SSSR count). The number of rotatable bonds is 16. The maximum absolute atomic E-state index is 12.6. The Bertz CT molecular complexity index is 2360. The number of nitriles is 2. The van der Waals surface area contributed by atoms with Crippen LogP contribution in [0.3, 0.4) is 0 Å². The van der Waals surface area contributed by atoms with Gasteiger partial charge in [-0.15, -0.1) is 0 Å². The number of anilines is 2. The standard InChI is InChI=1S/C23H25N5O3S.C22H23N5O3S/c1-16(19-5-3-6-20(13-19)26-22(29)31-12-4-11-25-2)28-23(30)32-15-21(27-28)18-9-7-17(14-24)8-10-18;1-24-10-3-11-30-21(28)25-19-5-2-4-17(12-19)14-27-22(29)31-15-20(26-27)18-8-6-16(13-23)7-9-18/h3,5-10,13,16,25H,4,11-12,15H2,1-2H3,(H,26,29);2,4-9,12,24H,3,10-11,14-15H2,1H3,(H,25,28). The summed E-state index contributed by atoms with van der Waals surface area (Å²) in [6.45, 7) is 4.37. The lowest BCUT2D eigenvalue weighted by atomic mass is 10.1. The van der Waals surface area contributed by atoms with Crippen molar-refractivity contribution in [2.24, 2.45) is 10.2 Å². The Labute approximate surface area is 375 Å². The molecule has 18 heteroatoms. The number of nitrogens with zero attached hydrogens (tertiary/aromatic N) is 6. The molecule has 4 aromatic rings. The van der Waals surface area contributed by atoms with Crippen molar-refractivity contribution in [3.63, 3.8) is 0 Å². The Morgan fingerprint density at radius 3 is 1.76 bits per heavy atom. The Kier molecular flexibility index (Phi) is 18.5. The lowest BCUT2D eigenvalue weighted by Crippen LogP contribution is -2.32. The average molecular weight is 889 g/mol. The quantitative estimate of drug-likeness (QED) is 0.0785. The summed E-state index contributed by atoms with van der Waals surface area (Å²) in [5, 5.41) is 41.0. The van der Waals surface area contributed by atoms with Gasteiger partial charge in [-0.2, -0.15) is 20.7 Å². The third-order valence-corrected chi connectivity index (χ3v) is 11.1. The van der Waals surface area contributed by atoms with Crippen molar-refractivity contribution in [1.29, 1.82) is 10.5 Å². The number of ether oxygens (including phenoxy) is 2. The van der Waals surface area contributed by atoms with Crippen LogP contribution in [0, 0.1) is 22.7 Å². The maximum Gasteiger partial charge on any atom is 0.411 e. The highest BCUT2D eigenvalue weighted by Crippen LogP contribution is 2.30. The van der Waals surface area contributed by atoms with E-state index in [0.717, 1.165) is 59.6 Å². The van der Waals surface area contributed by atoms with Crippen molar-refractivity contribution < 1.29 is 28.7 Å². The van der Waals surface area contributed by atoms with Gasteiger partial charge in [0.1, 0.15) is 0 Å². The van der Waals surface area contributed by atoms with Crippen molar-refractivity contribution in [3.8, 4) is 12.1 Å². The molecule has 0 saturated carbocycles. The van der Waals surface area contributed by atoms with Crippen molar-refractivity contribution in [2.75, 3.05) is 62.5 Å². The third-order valence-electron chi connectivity index (χ3n) is 9.32. The summed E-state index contributed by atoms with van der Waals surface area (Å²) >= 11 is 2.37. The zero-order valence-electron chi connectivity index (χ0n) is 35.1. The minimum Gasteiger partial charge on any atom is -0.449 e. The van der Waals surface area contributed by atoms with E-state index in [4.69, 9.17) is 20.0 Å². The molecule has 16 nitrogen and oxygen atoms in total. The van der Waals surface area contributed by atoms with E-state index in [2.05, 4.69) is 43.6 Å². The Hall–Kier alpha value is -6.70. The van der Waals surface area contributed by atoms with Gasteiger partial charge in [0.15, 0.2) is 0 Å². The van der Waals surface area contributed by atoms with Gasteiger partial charge in [-0.1, -0.05) is 72.1 Å². The zero-order valence-corrected chi connectivity index (χ0v) is 36.8. The average Bonchev–Trinajstić information content (AvgIpc) is 3.30. The summed E-state index contributed by atoms with van der Waals surface area (Å²) in [5.74, 6) is 0.942. The van der Waals surface area contributed by atoms with Gasteiger partial charge in [-0.3, -0.25) is 20.2 Å². The second kappa shape index (κ2) is 24.7. The summed E-state index contributed by atoms with van der Waals surface area (Å²) in [6.07, 6.45) is 0.434. The van der Waals surface area contributed by atoms with E-state index in [9.17, 15) is 19.2 Å². The number of hydrazone groups is 2. The van der Waals surface area contributed by atoms with Gasteiger partial charge in [0.2, 0.25) is 0 Å². The van der Waals surface area contributed by atoms with Gasteiger partial charge in [0.05, 0.1) is 60.5 Å². The fraction of sp³-hybridized carbons (Fsp3) is 0.289. The minimum atomic E-state index is -0.517. The summed E-state index contributed by atoms with van der Waals surface area (Å²) in [7, 11) is 3.68. The molecule has 1 atom stereocenters. The third kappa shape index (κ3) is 14.7. The molecule has 0 spiro atoms. The fourth-order valence-electron chi connectivity index (χ4n) is 5.99. The first-order chi connectivity index (χ1) is 30.6. The van der Waals surface area contributed by atoms with Crippen LogP contribution in [0.15, 0.2) is 107 Å². The molecule has 0 radical (unpaired) electrons. The normalized spacial score (nSPS) is 13.9. The number of carbonyl (C=O) groups excluding carboxylic acids is 4. The lowest BCUT2D eigenvalue weighted by Gasteiger charge is -2.29. The number of hydrogen-bond acceptors (Lipinski definition) is 14. The van der Waals surface area contributed by atoms with Crippen LogP contribution in [-0.4, -0.2) is 96.0 Å². The summed E-state index contributed by atoms with van der Waals surface area (Å²) < 4.78 is 10.3. The van der Waals surface area contributed by atoms with Crippen LogP contribution in [0.4, 0.5) is 30.6 Å². The smallest absolute Gasteiger partial charge is 0.411 e. The molecule has 2 aliphatic rings. The van der Waals surface area contributed by atoms with E-state index in [1.165, 1.54) is 33.5 Å². The number of nitrogens with one attached hydrogen (secondary N) is 4. The molecule has 4 N–H and O–H groups in total. The number of amides is 4. The number of hydrogen-bond donors (Lipinski definition) is 4. The maximum atomic E-state index is 12.6. The summed E-state index contributed by atoms with van der Waals surface area (Å²) in [5.41, 5.74) is 7.26. The van der Waals surface area contributed by atoms with Crippen LogP contribution in [-0.2, 0) is 16.0 Å². The monoisotopic (exact) mass is 888 g/mol. The van der Waals surface area contributed by atoms with Crippen molar-refractivity contribution >= 4 is 69.0 Å². The zero-order chi connectivity index (χ0) is 45.0. The summed E-state index contributed by atoms with van der Waals surface area (Å²) in [4.78, 5) is 48.8. The highest BCUT2D eigenvalue weighted by atomic mass is 32.2. The van der Waals surface area contributed by atoms with E-state index in [0.29, 0.717) is 47.2 Å². The molecule has 0 aromatic heterocycles. The van der Waals surface area contributed by atoms with Crippen LogP contribution >= 0.6 is 23.5 Å². The molecule has 0 bridgehead atoms. The Balaban J connectivity index is 0.000000238. The van der Waals surface area contributed by atoms with Crippen LogP contribution < -0.4 is 21.3 Å². The van der Waals surface area contributed by atoms with Gasteiger partial charge < -0.3 is 20.1 Å². The summed E-state index contributed by atoms with van der Waals surface area (Å²) in [6, 6.07) is 32.6. The predicted octanol–water partition coefficient (Wildman–Crippen LogP) is 8.14. The molecule has 4 amide bonds. The predicted molar refractivity (Wildman–Crippen MR) is 247 cm³/mol. The molecular weight excluding hydrogens is 841 g/mol. The fourth-order valence-corrected chi connectivity index (χ4v) is 7.55. The van der Waals surface area contributed by atoms with Crippen molar-refractivity contribution in [1.82, 2.24) is 20.7 Å². The number of carbonyl (C=O) groups is 4. The van der Waals surface area contributed by atoms with Crippen LogP contribution in [0.1, 0.15) is 59.2 Å². The second-order valence-electron chi connectivity index (χ2n) is 13.9. The van der Waals surface area contributed by atoms with Crippen LogP contribution in [0.25, 0.3) is 0 Å². The van der Waals surface area contributed by atoms with Gasteiger partial charge in [0, 0.05) is 22.9 Å². The van der Waals surface area contributed by atoms with E-state index in [1.54, 1.807) is 48.5 Å². The molecule has 2 heterocycles. The first-order valence-corrected chi connectivity index (χ1v) is 22.0. The van der Waals surface area contributed by atoms with E-state index in [1.807, 2.05) is 69.6 Å². The highest BCUT2D eigenvalue weighted by molar-refractivity contribution is 8.14. The van der Waals surface area contributed by atoms with Crippen molar-refractivity contribution in [3.05, 3.63) is 130 Å². The topological polar surface area (TPSA) is 214 Å². The molecular formula is C45H48N10O6S2. The Morgan fingerprint density at radius 2 is 1.22 bits per heavy atom. The first-order valence-electron chi connectivity index (χ1n) is 20.0. The first kappa shape index (κ1) is 47.4. The second-order valence-corrected chi connectivity index (χ2v) is 15.8. The molecule has 326 valence electrons. The van der Waals surface area contributed by atoms with Gasteiger partial charge in [-0.05, 0) is 118 Å². The van der Waals surface area contributed by atoms with Gasteiger partial charge in [0.25, 0.3) is 0 Å². The number of thioether (sulfide) groups is 2. The van der Waals surface area contributed by atoms with E-state index >= 15 is 0 Å². The Morgan fingerprint density at radius 1 is 0.714 bits per heavy atom. The van der Waals surface area contributed by atoms with Crippen molar-refractivity contribution in [2.45, 2.75) is 32.4 Å². The molecule has 1 unspecified atom stereocenters. The number of benzene rings is 4. The SMILES string of the molecule is CNCCCOC(=O)Nc1cccc(C(C)N2N=C(c3ccc(C#N)cc3)CSC2=O)c1.CNCCCOC(=O)Nc1cccc(CN2N=C(c3ccc(C#N)cc3)CSC2=O)c1. The van der Waals surface area contributed by atoms with Crippen LogP contribution in [0.2, 0.25) is 0 Å². The molecule has 0 aliphatic carbocycles. The molecule has 0 saturated heterocycles. The van der Waals surface area contributed by atoms with Gasteiger partial charge in [-0.25, -0.2) is 19.6 Å². The largest absolute Gasteiger partial charge is 0.449 e. The lowest BCUT2D eigenvalue weighted by molar-refractivity contribution is 0.159. The van der Waals surface area contributed by atoms with E-state index < -0.39 is 12.2 Å².